The van der Waals surface area contributed by atoms with Crippen molar-refractivity contribution in [3.8, 4) is 0 Å². The summed E-state index contributed by atoms with van der Waals surface area (Å²) in [5, 5.41) is 74.4. The lowest BCUT2D eigenvalue weighted by Crippen LogP contribution is -2.51. The predicted octanol–water partition coefficient (Wildman–Crippen LogP) is 10.6. The van der Waals surface area contributed by atoms with Crippen LogP contribution in [0.5, 0.6) is 0 Å². The van der Waals surface area contributed by atoms with Gasteiger partial charge in [-0.3, -0.25) is 9.59 Å². The van der Waals surface area contributed by atoms with E-state index in [1.165, 1.54) is 250 Å². The molecule has 0 aromatic heterocycles. The number of hydrogen-bond donors (Lipinski definition) is 13. The number of nitrogens with one attached hydrogen (secondary N) is 8. The molecule has 15 nitrogen and oxygen atoms in total. The third kappa shape index (κ3) is 58.9. The maximum absolute atomic E-state index is 12.5. The topological polar surface area (TPSA) is 232 Å². The van der Waals surface area contributed by atoms with E-state index in [1.807, 2.05) is 14.1 Å². The van der Waals surface area contributed by atoms with Crippen molar-refractivity contribution in [2.24, 2.45) is 5.92 Å². The molecule has 0 rings (SSSR count). The molecule has 0 heterocycles. The zero-order valence-electron chi connectivity index (χ0n) is 54.0. The average molecular weight is 1170 g/mol. The molecular weight excluding hydrogens is 1030 g/mol. The summed E-state index contributed by atoms with van der Waals surface area (Å²) < 4.78 is 0. The van der Waals surface area contributed by atoms with Crippen LogP contribution in [0.2, 0.25) is 0 Å². The first-order valence-electron chi connectivity index (χ1n) is 35.3. The summed E-state index contributed by atoms with van der Waals surface area (Å²) in [5.41, 5.74) is 0. The van der Waals surface area contributed by atoms with E-state index >= 15 is 0 Å². The van der Waals surface area contributed by atoms with Gasteiger partial charge in [-0.25, -0.2) is 0 Å². The van der Waals surface area contributed by atoms with Crippen molar-refractivity contribution in [2.45, 2.75) is 313 Å². The molecule has 2 amide bonds. The Bertz CT molecular complexity index is 1260. The van der Waals surface area contributed by atoms with Crippen LogP contribution in [0.25, 0.3) is 0 Å². The van der Waals surface area contributed by atoms with Crippen molar-refractivity contribution >= 4 is 11.8 Å². The lowest BCUT2D eigenvalue weighted by Gasteiger charge is -2.24. The summed E-state index contributed by atoms with van der Waals surface area (Å²) in [7, 11) is 4.03. The van der Waals surface area contributed by atoms with E-state index in [-0.39, 0.29) is 5.91 Å². The van der Waals surface area contributed by atoms with Crippen LogP contribution < -0.4 is 42.5 Å². The molecule has 0 aliphatic carbocycles. The smallest absolute Gasteiger partial charge is 0.251 e. The van der Waals surface area contributed by atoms with Crippen LogP contribution in [0.3, 0.4) is 0 Å². The number of carbonyl (C=O) groups is 2. The summed E-state index contributed by atoms with van der Waals surface area (Å²) >= 11 is 0. The van der Waals surface area contributed by atoms with Gasteiger partial charge in [-0.15, -0.1) is 0 Å². The maximum Gasteiger partial charge on any atom is 0.251 e. The van der Waals surface area contributed by atoms with Gasteiger partial charge >= 0.3 is 0 Å². The summed E-state index contributed by atoms with van der Waals surface area (Å²) in [6.45, 7) is 11.5. The van der Waals surface area contributed by atoms with Crippen LogP contribution in [0.4, 0.5) is 0 Å². The molecule has 0 bridgehead atoms. The molecule has 82 heavy (non-hydrogen) atoms. The van der Waals surface area contributed by atoms with Gasteiger partial charge in [0.1, 0.15) is 18.3 Å². The molecule has 13 N–H and O–H groups in total. The van der Waals surface area contributed by atoms with Crippen molar-refractivity contribution in [3.63, 3.8) is 0 Å². The number of aliphatic hydroxyl groups is 5. The fourth-order valence-electron chi connectivity index (χ4n) is 11.0. The lowest BCUT2D eigenvalue weighted by atomic mass is 10.00. The van der Waals surface area contributed by atoms with Gasteiger partial charge in [0.2, 0.25) is 5.91 Å². The highest BCUT2D eigenvalue weighted by Gasteiger charge is 2.34. The van der Waals surface area contributed by atoms with Crippen LogP contribution in [0.15, 0.2) is 0 Å². The molecule has 0 unspecified atom stereocenters. The largest absolute Gasteiger partial charge is 0.394 e. The predicted molar refractivity (Wildman–Crippen MR) is 348 cm³/mol. The molecule has 0 spiro atoms. The second-order valence-electron chi connectivity index (χ2n) is 24.5. The van der Waals surface area contributed by atoms with Crippen molar-refractivity contribution in [1.82, 2.24) is 42.5 Å². The SMILES string of the molecule is CNCCCNCCCCNCC(CCCCCCNC(=O)CCCCCCCCCCCCCCCCCCCCCCCCCCCCCCCCCCCNC(=O)[C@H](O)[C@@H](O)[C@H](O)[C@H](O)CO)CNCCCCNCCCNC. The van der Waals surface area contributed by atoms with E-state index in [2.05, 4.69) is 42.5 Å². The average Bonchev–Trinajstić information content (AvgIpc) is 3.54. The van der Waals surface area contributed by atoms with Crippen LogP contribution >= 0.6 is 0 Å². The van der Waals surface area contributed by atoms with E-state index in [1.54, 1.807) is 0 Å². The number of hydrogen-bond acceptors (Lipinski definition) is 13. The van der Waals surface area contributed by atoms with Crippen LogP contribution in [0.1, 0.15) is 289 Å². The van der Waals surface area contributed by atoms with Gasteiger partial charge in [-0.05, 0) is 150 Å². The Balaban J connectivity index is 3.52. The van der Waals surface area contributed by atoms with E-state index in [4.69, 9.17) is 5.11 Å². The number of aliphatic hydroxyl groups excluding tert-OH is 5. The van der Waals surface area contributed by atoms with Crippen molar-refractivity contribution in [3.05, 3.63) is 0 Å². The first-order chi connectivity index (χ1) is 40.3. The first kappa shape index (κ1) is 80.5. The van der Waals surface area contributed by atoms with Crippen molar-refractivity contribution < 1.29 is 35.1 Å². The second kappa shape index (κ2) is 67.0. The normalized spacial score (nSPS) is 13.3. The van der Waals surface area contributed by atoms with E-state index in [0.29, 0.717) is 18.9 Å². The molecule has 0 saturated carbocycles. The molecule has 0 fully saturated rings. The monoisotopic (exact) mass is 1170 g/mol. The van der Waals surface area contributed by atoms with Crippen LogP contribution in [-0.4, -0.2) is 161 Å². The molecular formula is C67H140N8O7. The van der Waals surface area contributed by atoms with Crippen LogP contribution in [-0.2, 0) is 9.59 Å². The van der Waals surface area contributed by atoms with Gasteiger partial charge in [0.05, 0.1) is 6.61 Å². The molecule has 0 aromatic rings. The molecule has 0 aliphatic rings. The van der Waals surface area contributed by atoms with Gasteiger partial charge in [-0.2, -0.15) is 0 Å². The Morgan fingerprint density at radius 1 is 0.317 bits per heavy atom. The fraction of sp³-hybridized carbons (Fsp3) is 0.970. The van der Waals surface area contributed by atoms with Crippen molar-refractivity contribution in [1.29, 1.82) is 0 Å². The third-order valence-electron chi connectivity index (χ3n) is 16.6. The highest BCUT2D eigenvalue weighted by Crippen LogP contribution is 2.18. The quantitative estimate of drug-likeness (QED) is 0.0255. The van der Waals surface area contributed by atoms with E-state index in [9.17, 15) is 30.0 Å². The van der Waals surface area contributed by atoms with Gasteiger partial charge in [0.25, 0.3) is 5.91 Å². The lowest BCUT2D eigenvalue weighted by molar-refractivity contribution is -0.148. The van der Waals surface area contributed by atoms with Crippen molar-refractivity contribution in [2.75, 3.05) is 99.2 Å². The zero-order valence-corrected chi connectivity index (χ0v) is 54.0. The molecule has 0 radical (unpaired) electrons. The van der Waals surface area contributed by atoms with Gasteiger partial charge in [0.15, 0.2) is 6.10 Å². The minimum Gasteiger partial charge on any atom is -0.394 e. The summed E-state index contributed by atoms with van der Waals surface area (Å²) in [5.74, 6) is 0.136. The highest BCUT2D eigenvalue weighted by atomic mass is 16.4. The van der Waals surface area contributed by atoms with E-state index in [0.717, 1.165) is 104 Å². The molecule has 4 atom stereocenters. The Kier molecular flexibility index (Phi) is 65.8. The summed E-state index contributed by atoms with van der Waals surface area (Å²) in [6.07, 6.45) is 50.5. The van der Waals surface area contributed by atoms with Crippen LogP contribution in [0, 0.1) is 5.92 Å². The minimum atomic E-state index is -1.86. The van der Waals surface area contributed by atoms with E-state index < -0.39 is 36.9 Å². The molecule has 0 aromatic carbocycles. The second-order valence-corrected chi connectivity index (χ2v) is 24.5. The number of rotatable bonds is 70. The molecule has 0 aliphatic heterocycles. The highest BCUT2D eigenvalue weighted by molar-refractivity contribution is 5.81. The molecule has 0 saturated heterocycles. The zero-order chi connectivity index (χ0) is 59.7. The van der Waals surface area contributed by atoms with Gasteiger partial charge in [0, 0.05) is 19.5 Å². The Morgan fingerprint density at radius 2 is 0.610 bits per heavy atom. The Morgan fingerprint density at radius 3 is 0.963 bits per heavy atom. The van der Waals surface area contributed by atoms with Gasteiger partial charge in [-0.1, -0.05) is 218 Å². The Labute approximate surface area is 506 Å². The number of carbonyl (C=O) groups excluding carboxylic acids is 2. The fourth-order valence-corrected chi connectivity index (χ4v) is 11.0. The Hall–Kier alpha value is -1.50. The summed E-state index contributed by atoms with van der Waals surface area (Å²) in [4.78, 5) is 24.4. The first-order valence-corrected chi connectivity index (χ1v) is 35.3. The third-order valence-corrected chi connectivity index (χ3v) is 16.6. The summed E-state index contributed by atoms with van der Waals surface area (Å²) in [6, 6.07) is 0. The standard InChI is InChI=1S/C67H140N8O7/c1-68-48-44-54-70-50-40-42-52-72-58-61(59-73-53-43-41-51-71-55-45-49-69-2)46-36-33-35-38-56-74-63(78)47-37-32-30-28-26-24-22-20-18-16-14-12-10-8-6-4-3-5-7-9-11-13-15-17-19-21-23-25-27-29-31-34-39-57-75-67(82)66(81)65(80)64(79)62(77)60-76/h61-62,64-66,68-73,76-77,79-81H,3-60H2,1-2H3,(H,74,78)(H,75,82)/t62-,64-,65+,66-/m1/s1. The number of amides is 2. The number of unbranched alkanes of at least 4 members (excludes halogenated alkanes) is 37. The van der Waals surface area contributed by atoms with Gasteiger partial charge < -0.3 is 68.1 Å². The molecule has 490 valence electrons. The maximum atomic E-state index is 12.5. The molecule has 15 heteroatoms. The minimum absolute atomic E-state index is 0.251.